The van der Waals surface area contributed by atoms with E-state index in [0.717, 1.165) is 23.8 Å². The van der Waals surface area contributed by atoms with E-state index >= 15 is 0 Å². The fourth-order valence-corrected chi connectivity index (χ4v) is 3.24. The molecule has 0 bridgehead atoms. The molecule has 6 nitrogen and oxygen atoms in total. The summed E-state index contributed by atoms with van der Waals surface area (Å²) in [7, 11) is 0. The van der Waals surface area contributed by atoms with Crippen LogP contribution >= 0.6 is 0 Å². The quantitative estimate of drug-likeness (QED) is 0.872. The van der Waals surface area contributed by atoms with Crippen LogP contribution in [-0.4, -0.2) is 46.4 Å². The maximum absolute atomic E-state index is 13.4. The van der Waals surface area contributed by atoms with E-state index in [-0.39, 0.29) is 24.6 Å². The molecule has 24 heavy (non-hydrogen) atoms. The lowest BCUT2D eigenvalue weighted by molar-refractivity contribution is -0.148. The van der Waals surface area contributed by atoms with Gasteiger partial charge in [-0.3, -0.25) is 14.4 Å². The van der Waals surface area contributed by atoms with Crippen molar-refractivity contribution in [2.75, 3.05) is 13.1 Å². The van der Waals surface area contributed by atoms with Gasteiger partial charge in [0.25, 0.3) is 5.91 Å². The Labute approximate surface area is 136 Å². The molecule has 1 aliphatic heterocycles. The highest BCUT2D eigenvalue weighted by Gasteiger charge is 2.54. The van der Waals surface area contributed by atoms with Gasteiger partial charge >= 0.3 is 5.97 Å². The van der Waals surface area contributed by atoms with Crippen molar-refractivity contribution in [2.45, 2.75) is 32.1 Å². The molecular weight excluding hydrogens is 322 g/mol. The van der Waals surface area contributed by atoms with Crippen molar-refractivity contribution >= 4 is 11.9 Å². The first kappa shape index (κ1) is 16.6. The number of aliphatic carboxylic acids is 1. The number of H-pyrrole nitrogens is 1. The summed E-state index contributed by atoms with van der Waals surface area (Å²) in [5, 5.41) is 9.21. The fraction of sp³-hybridized carbons (Fsp3) is 0.562. The number of nitrogens with one attached hydrogen (secondary N) is 1. The molecule has 8 heteroatoms. The number of carboxylic acids is 1. The molecule has 1 saturated carbocycles. The molecule has 0 aromatic carbocycles. The number of halogens is 2. The summed E-state index contributed by atoms with van der Waals surface area (Å²) in [4.78, 5) is 39.4. The van der Waals surface area contributed by atoms with Gasteiger partial charge in [0.05, 0.1) is 11.3 Å². The lowest BCUT2D eigenvalue weighted by atomic mass is 9.80. The summed E-state index contributed by atoms with van der Waals surface area (Å²) in [6.45, 7) is 0.532. The average molecular weight is 340 g/mol. The van der Waals surface area contributed by atoms with Gasteiger partial charge in [0.15, 0.2) is 0 Å². The zero-order valence-electron chi connectivity index (χ0n) is 13.1. The molecule has 0 radical (unpaired) electrons. The Kier molecular flexibility index (Phi) is 3.93. The van der Waals surface area contributed by atoms with Gasteiger partial charge in [-0.15, -0.1) is 0 Å². The Morgan fingerprint density at radius 2 is 2.04 bits per heavy atom. The second-order valence-corrected chi connectivity index (χ2v) is 6.85. The van der Waals surface area contributed by atoms with Gasteiger partial charge in [-0.2, -0.15) is 0 Å². The highest BCUT2D eigenvalue weighted by Crippen LogP contribution is 2.42. The van der Waals surface area contributed by atoms with Crippen LogP contribution in [0.4, 0.5) is 8.78 Å². The molecule has 1 amide bonds. The van der Waals surface area contributed by atoms with E-state index in [4.69, 9.17) is 0 Å². The molecule has 130 valence electrons. The minimum absolute atomic E-state index is 0.114. The first-order valence-corrected chi connectivity index (χ1v) is 7.77. The van der Waals surface area contributed by atoms with Crippen LogP contribution in [0.15, 0.2) is 16.9 Å². The molecular formula is C16H18F2N2O4. The monoisotopic (exact) mass is 340 g/mol. The first-order chi connectivity index (χ1) is 11.2. The Morgan fingerprint density at radius 3 is 2.54 bits per heavy atom. The van der Waals surface area contributed by atoms with E-state index in [1.54, 1.807) is 6.07 Å². The van der Waals surface area contributed by atoms with E-state index in [1.165, 1.54) is 6.92 Å². The number of likely N-dealkylation sites (tertiary alicyclic amines) is 1. The number of carbonyl (C=O) groups excluding carboxylic acids is 1. The van der Waals surface area contributed by atoms with Crippen molar-refractivity contribution in [1.29, 1.82) is 0 Å². The summed E-state index contributed by atoms with van der Waals surface area (Å²) >= 11 is 0. The molecule has 1 saturated heterocycles. The number of hydrogen-bond donors (Lipinski definition) is 2. The first-order valence-electron chi connectivity index (χ1n) is 7.77. The Balaban J connectivity index is 1.88. The van der Waals surface area contributed by atoms with Crippen molar-refractivity contribution in [3.8, 4) is 0 Å². The van der Waals surface area contributed by atoms with Gasteiger partial charge in [-0.05, 0) is 24.8 Å². The van der Waals surface area contributed by atoms with E-state index in [1.807, 2.05) is 0 Å². The van der Waals surface area contributed by atoms with Crippen LogP contribution in [0.25, 0.3) is 0 Å². The Bertz CT molecular complexity index is 744. The standard InChI is InChI=1S/C16H18F2N2O4/c1-16(15(17)18)7-20(6-10(16)14(23)24)13(22)9-4-11(8-2-3-8)19-12(21)5-9/h4-5,8,10,15H,2-3,6-7H2,1H3,(H,19,21)(H,23,24). The van der Waals surface area contributed by atoms with Crippen molar-refractivity contribution in [2.24, 2.45) is 11.3 Å². The van der Waals surface area contributed by atoms with Gasteiger partial charge in [0.2, 0.25) is 12.0 Å². The summed E-state index contributed by atoms with van der Waals surface area (Å²) in [6, 6.07) is 2.69. The smallest absolute Gasteiger partial charge is 0.309 e. The number of aromatic amines is 1. The molecule has 1 aromatic heterocycles. The molecule has 0 spiro atoms. The zero-order chi connectivity index (χ0) is 17.6. The van der Waals surface area contributed by atoms with Gasteiger partial charge in [0.1, 0.15) is 0 Å². The van der Waals surface area contributed by atoms with Gasteiger partial charge in [0, 0.05) is 30.4 Å². The maximum Gasteiger partial charge on any atom is 0.309 e. The van der Waals surface area contributed by atoms with Crippen LogP contribution in [0, 0.1) is 11.3 Å². The van der Waals surface area contributed by atoms with Crippen LogP contribution in [0.5, 0.6) is 0 Å². The lowest BCUT2D eigenvalue weighted by Gasteiger charge is -2.26. The van der Waals surface area contributed by atoms with Crippen molar-refractivity contribution < 1.29 is 23.5 Å². The number of rotatable bonds is 4. The van der Waals surface area contributed by atoms with Gasteiger partial charge in [-0.25, -0.2) is 8.78 Å². The van der Waals surface area contributed by atoms with Crippen LogP contribution < -0.4 is 5.56 Å². The van der Waals surface area contributed by atoms with Gasteiger partial charge < -0.3 is 15.0 Å². The molecule has 2 aliphatic rings. The third-order valence-corrected chi connectivity index (χ3v) is 4.94. The molecule has 2 fully saturated rings. The summed E-state index contributed by atoms with van der Waals surface area (Å²) < 4.78 is 26.7. The number of carbonyl (C=O) groups is 2. The van der Waals surface area contributed by atoms with Crippen LogP contribution in [0.2, 0.25) is 0 Å². The van der Waals surface area contributed by atoms with Crippen molar-refractivity contribution in [3.63, 3.8) is 0 Å². The molecule has 2 N–H and O–H groups in total. The van der Waals surface area contributed by atoms with Crippen LogP contribution in [-0.2, 0) is 4.79 Å². The Morgan fingerprint density at radius 1 is 1.38 bits per heavy atom. The Hall–Kier alpha value is -2.25. The number of nitrogens with zero attached hydrogens (tertiary/aromatic N) is 1. The number of carboxylic acid groups (broad SMARTS) is 1. The largest absolute Gasteiger partial charge is 0.481 e. The van der Waals surface area contributed by atoms with Gasteiger partial charge in [-0.1, -0.05) is 6.92 Å². The van der Waals surface area contributed by atoms with E-state index in [0.29, 0.717) is 5.69 Å². The molecule has 2 unspecified atom stereocenters. The number of alkyl halides is 2. The van der Waals surface area contributed by atoms with E-state index in [2.05, 4.69) is 4.98 Å². The van der Waals surface area contributed by atoms with E-state index < -0.39 is 35.2 Å². The summed E-state index contributed by atoms with van der Waals surface area (Å²) in [6.07, 6.45) is -0.999. The number of pyridine rings is 1. The third-order valence-electron chi connectivity index (χ3n) is 4.94. The van der Waals surface area contributed by atoms with Crippen LogP contribution in [0.3, 0.4) is 0 Å². The normalized spacial score (nSPS) is 26.8. The summed E-state index contributed by atoms with van der Waals surface area (Å²) in [5.74, 6) is -3.05. The molecule has 1 aliphatic carbocycles. The summed E-state index contributed by atoms with van der Waals surface area (Å²) in [5.41, 5.74) is -1.45. The second-order valence-electron chi connectivity index (χ2n) is 6.85. The fourth-order valence-electron chi connectivity index (χ4n) is 3.24. The number of hydrogen-bond acceptors (Lipinski definition) is 3. The predicted molar refractivity (Wildman–Crippen MR) is 80.2 cm³/mol. The highest BCUT2D eigenvalue weighted by atomic mass is 19.3. The number of aromatic nitrogens is 1. The topological polar surface area (TPSA) is 90.5 Å². The molecule has 1 aromatic rings. The predicted octanol–water partition coefficient (Wildman–Crippen LogP) is 1.68. The molecule has 2 atom stereocenters. The minimum atomic E-state index is -2.86. The molecule has 3 rings (SSSR count). The van der Waals surface area contributed by atoms with E-state index in [9.17, 15) is 28.3 Å². The minimum Gasteiger partial charge on any atom is -0.481 e. The average Bonchev–Trinajstić information content (AvgIpc) is 3.28. The second kappa shape index (κ2) is 5.68. The zero-order valence-corrected chi connectivity index (χ0v) is 13.1. The van der Waals surface area contributed by atoms with Crippen molar-refractivity contribution in [3.05, 3.63) is 33.7 Å². The molecule has 2 heterocycles. The lowest BCUT2D eigenvalue weighted by Crippen LogP contribution is -2.38. The SMILES string of the molecule is CC1(C(F)F)CN(C(=O)c2cc(C3CC3)[nH]c(=O)c2)CC1C(=O)O. The highest BCUT2D eigenvalue weighted by molar-refractivity contribution is 5.95. The van der Waals surface area contributed by atoms with Crippen LogP contribution in [0.1, 0.15) is 41.7 Å². The maximum atomic E-state index is 13.4. The number of amides is 1. The third kappa shape index (κ3) is 2.81. The van der Waals surface area contributed by atoms with Crippen molar-refractivity contribution in [1.82, 2.24) is 9.88 Å².